The standard InChI is InChI=1S/C11H16ClN3O2S/c1-18-6-8(2-3-16)15-11-9(12)4-7(5-14-11)10(13)17/h4-5,8,16H,2-3,6H2,1H3,(H2,13,17)(H,14,15). The van der Waals surface area contributed by atoms with Gasteiger partial charge in [-0.05, 0) is 18.7 Å². The van der Waals surface area contributed by atoms with Crippen molar-refractivity contribution in [2.75, 3.05) is 23.9 Å². The van der Waals surface area contributed by atoms with Crippen LogP contribution in [0.25, 0.3) is 0 Å². The van der Waals surface area contributed by atoms with Gasteiger partial charge in [-0.1, -0.05) is 11.6 Å². The molecule has 7 heteroatoms. The molecule has 1 aromatic rings. The molecular formula is C11H16ClN3O2S. The molecule has 0 saturated carbocycles. The van der Waals surface area contributed by atoms with Crippen molar-refractivity contribution >= 4 is 35.1 Å². The number of hydrogen-bond acceptors (Lipinski definition) is 5. The van der Waals surface area contributed by atoms with Crippen LogP contribution in [0.15, 0.2) is 12.3 Å². The Bertz CT molecular complexity index is 411. The SMILES string of the molecule is CSCC(CCO)Nc1ncc(C(N)=O)cc1Cl. The predicted octanol–water partition coefficient (Wildman–Crippen LogP) is 1.36. The van der Waals surface area contributed by atoms with Gasteiger partial charge in [0.1, 0.15) is 5.82 Å². The molecular weight excluding hydrogens is 274 g/mol. The molecule has 0 aliphatic carbocycles. The van der Waals surface area contributed by atoms with Crippen LogP contribution in [-0.4, -0.2) is 40.7 Å². The van der Waals surface area contributed by atoms with Gasteiger partial charge in [0.2, 0.25) is 5.91 Å². The minimum Gasteiger partial charge on any atom is -0.396 e. The number of carbonyl (C=O) groups excluding carboxylic acids is 1. The number of aliphatic hydroxyl groups excluding tert-OH is 1. The summed E-state index contributed by atoms with van der Waals surface area (Å²) in [6.45, 7) is 0.0925. The van der Waals surface area contributed by atoms with E-state index in [1.807, 2.05) is 6.26 Å². The third kappa shape index (κ3) is 4.36. The summed E-state index contributed by atoms with van der Waals surface area (Å²) in [5, 5.41) is 12.4. The van der Waals surface area contributed by atoms with Crippen molar-refractivity contribution in [3.8, 4) is 0 Å². The van der Waals surface area contributed by atoms with Crippen molar-refractivity contribution in [2.24, 2.45) is 5.73 Å². The van der Waals surface area contributed by atoms with E-state index < -0.39 is 5.91 Å². The minimum absolute atomic E-state index is 0.0782. The van der Waals surface area contributed by atoms with Gasteiger partial charge >= 0.3 is 0 Å². The Morgan fingerprint density at radius 1 is 1.72 bits per heavy atom. The number of pyridine rings is 1. The van der Waals surface area contributed by atoms with E-state index in [-0.39, 0.29) is 18.2 Å². The number of amides is 1. The molecule has 18 heavy (non-hydrogen) atoms. The van der Waals surface area contributed by atoms with Gasteiger partial charge in [-0.2, -0.15) is 11.8 Å². The van der Waals surface area contributed by atoms with Gasteiger partial charge in [-0.15, -0.1) is 0 Å². The van der Waals surface area contributed by atoms with E-state index in [0.29, 0.717) is 17.3 Å². The maximum absolute atomic E-state index is 11.0. The van der Waals surface area contributed by atoms with Crippen LogP contribution in [0.1, 0.15) is 16.8 Å². The largest absolute Gasteiger partial charge is 0.396 e. The molecule has 0 saturated heterocycles. The molecule has 1 amide bonds. The minimum atomic E-state index is -0.563. The lowest BCUT2D eigenvalue weighted by atomic mass is 10.2. The topological polar surface area (TPSA) is 88.2 Å². The Hall–Kier alpha value is -0.980. The summed E-state index contributed by atoms with van der Waals surface area (Å²) in [6.07, 6.45) is 3.97. The van der Waals surface area contributed by atoms with Crippen molar-refractivity contribution in [3.63, 3.8) is 0 Å². The predicted molar refractivity (Wildman–Crippen MR) is 75.3 cm³/mol. The smallest absolute Gasteiger partial charge is 0.250 e. The Labute approximate surface area is 115 Å². The summed E-state index contributed by atoms with van der Waals surface area (Å²) < 4.78 is 0. The first-order chi connectivity index (χ1) is 8.58. The van der Waals surface area contributed by atoms with Gasteiger partial charge in [0, 0.05) is 24.6 Å². The fourth-order valence-electron chi connectivity index (χ4n) is 1.43. The molecule has 1 aromatic heterocycles. The number of rotatable bonds is 7. The van der Waals surface area contributed by atoms with E-state index in [1.54, 1.807) is 11.8 Å². The number of primary amides is 1. The molecule has 0 aromatic carbocycles. The molecule has 4 N–H and O–H groups in total. The molecule has 0 fully saturated rings. The number of carbonyl (C=O) groups is 1. The van der Waals surface area contributed by atoms with E-state index in [4.69, 9.17) is 22.4 Å². The number of thioether (sulfide) groups is 1. The summed E-state index contributed by atoms with van der Waals surface area (Å²) in [7, 11) is 0. The molecule has 0 spiro atoms. The number of anilines is 1. The zero-order chi connectivity index (χ0) is 13.5. The van der Waals surface area contributed by atoms with Crippen LogP contribution in [0.5, 0.6) is 0 Å². The Balaban J connectivity index is 2.79. The number of aromatic nitrogens is 1. The van der Waals surface area contributed by atoms with E-state index in [0.717, 1.165) is 5.75 Å². The van der Waals surface area contributed by atoms with E-state index in [2.05, 4.69) is 10.3 Å². The van der Waals surface area contributed by atoms with Gasteiger partial charge in [0.25, 0.3) is 0 Å². The van der Waals surface area contributed by atoms with Gasteiger partial charge in [-0.25, -0.2) is 4.98 Å². The average molecular weight is 290 g/mol. The molecule has 5 nitrogen and oxygen atoms in total. The van der Waals surface area contributed by atoms with Crippen molar-refractivity contribution in [2.45, 2.75) is 12.5 Å². The van der Waals surface area contributed by atoms with Crippen LogP contribution in [0, 0.1) is 0 Å². The fraction of sp³-hybridized carbons (Fsp3) is 0.455. The van der Waals surface area contributed by atoms with Crippen LogP contribution in [0.4, 0.5) is 5.82 Å². The van der Waals surface area contributed by atoms with Gasteiger partial charge in [-0.3, -0.25) is 4.79 Å². The van der Waals surface area contributed by atoms with E-state index in [1.165, 1.54) is 12.3 Å². The molecule has 1 atom stereocenters. The maximum atomic E-state index is 11.0. The number of nitrogens with one attached hydrogen (secondary N) is 1. The lowest BCUT2D eigenvalue weighted by Gasteiger charge is -2.18. The van der Waals surface area contributed by atoms with Crippen LogP contribution < -0.4 is 11.1 Å². The first kappa shape index (κ1) is 15.1. The fourth-order valence-corrected chi connectivity index (χ4v) is 2.30. The summed E-state index contributed by atoms with van der Waals surface area (Å²) in [6, 6.07) is 1.56. The van der Waals surface area contributed by atoms with Crippen LogP contribution in [0.3, 0.4) is 0 Å². The van der Waals surface area contributed by atoms with Crippen LogP contribution in [-0.2, 0) is 0 Å². The second-order valence-electron chi connectivity index (χ2n) is 3.73. The number of aliphatic hydroxyl groups is 1. The molecule has 0 aliphatic heterocycles. The third-order valence-corrected chi connectivity index (χ3v) is 3.34. The number of nitrogens with zero attached hydrogens (tertiary/aromatic N) is 1. The van der Waals surface area contributed by atoms with Crippen molar-refractivity contribution in [1.82, 2.24) is 4.98 Å². The molecule has 1 unspecified atom stereocenters. The van der Waals surface area contributed by atoms with Crippen molar-refractivity contribution < 1.29 is 9.90 Å². The highest BCUT2D eigenvalue weighted by Gasteiger charge is 2.12. The highest BCUT2D eigenvalue weighted by atomic mass is 35.5. The highest BCUT2D eigenvalue weighted by molar-refractivity contribution is 7.98. The first-order valence-electron chi connectivity index (χ1n) is 5.40. The molecule has 1 rings (SSSR count). The van der Waals surface area contributed by atoms with Crippen molar-refractivity contribution in [3.05, 3.63) is 22.8 Å². The first-order valence-corrected chi connectivity index (χ1v) is 7.17. The van der Waals surface area contributed by atoms with Crippen LogP contribution in [0.2, 0.25) is 5.02 Å². The highest BCUT2D eigenvalue weighted by Crippen LogP contribution is 2.21. The maximum Gasteiger partial charge on any atom is 0.250 e. The molecule has 100 valence electrons. The Kier molecular flexibility index (Phi) is 6.24. The molecule has 0 radical (unpaired) electrons. The zero-order valence-electron chi connectivity index (χ0n) is 10.0. The number of nitrogens with two attached hydrogens (primary N) is 1. The second-order valence-corrected chi connectivity index (χ2v) is 5.05. The molecule has 0 aliphatic rings. The Morgan fingerprint density at radius 3 is 2.94 bits per heavy atom. The number of hydrogen-bond donors (Lipinski definition) is 3. The number of halogens is 1. The van der Waals surface area contributed by atoms with E-state index >= 15 is 0 Å². The summed E-state index contributed by atoms with van der Waals surface area (Å²) in [5.74, 6) is 0.761. The summed E-state index contributed by atoms with van der Waals surface area (Å²) in [4.78, 5) is 15.0. The lowest BCUT2D eigenvalue weighted by Crippen LogP contribution is -2.24. The van der Waals surface area contributed by atoms with Gasteiger partial charge in [0.15, 0.2) is 0 Å². The summed E-state index contributed by atoms with van der Waals surface area (Å²) >= 11 is 7.68. The van der Waals surface area contributed by atoms with E-state index in [9.17, 15) is 4.79 Å². The Morgan fingerprint density at radius 2 is 2.44 bits per heavy atom. The quantitative estimate of drug-likeness (QED) is 0.705. The van der Waals surface area contributed by atoms with Crippen molar-refractivity contribution in [1.29, 1.82) is 0 Å². The van der Waals surface area contributed by atoms with Gasteiger partial charge in [0.05, 0.1) is 10.6 Å². The average Bonchev–Trinajstić information content (AvgIpc) is 2.32. The molecule has 0 bridgehead atoms. The monoisotopic (exact) mass is 289 g/mol. The second kappa shape index (κ2) is 7.45. The lowest BCUT2D eigenvalue weighted by molar-refractivity contribution is 0.1000. The normalized spacial score (nSPS) is 12.2. The third-order valence-electron chi connectivity index (χ3n) is 2.31. The zero-order valence-corrected chi connectivity index (χ0v) is 11.6. The molecule has 1 heterocycles. The summed E-state index contributed by atoms with van der Waals surface area (Å²) in [5.41, 5.74) is 5.41. The van der Waals surface area contributed by atoms with Crippen LogP contribution >= 0.6 is 23.4 Å². The van der Waals surface area contributed by atoms with Gasteiger partial charge < -0.3 is 16.2 Å².